The Hall–Kier alpha value is -2.69. The lowest BCUT2D eigenvalue weighted by Crippen LogP contribution is -2.05. The van der Waals surface area contributed by atoms with E-state index >= 15 is 0 Å². The van der Waals surface area contributed by atoms with Crippen LogP contribution in [-0.2, 0) is 6.42 Å². The summed E-state index contributed by atoms with van der Waals surface area (Å²) in [5.74, 6) is -0.118. The van der Waals surface area contributed by atoms with Crippen molar-refractivity contribution < 1.29 is 9.72 Å². The number of rotatable bonds is 4. The van der Waals surface area contributed by atoms with E-state index < -0.39 is 4.92 Å². The monoisotopic (exact) mass is 256 g/mol. The van der Waals surface area contributed by atoms with Gasteiger partial charge in [0.05, 0.1) is 4.92 Å². The van der Waals surface area contributed by atoms with Crippen molar-refractivity contribution in [3.05, 3.63) is 69.8 Å². The number of hydrogen-bond donors (Lipinski definition) is 1. The van der Waals surface area contributed by atoms with Crippen molar-refractivity contribution in [1.29, 1.82) is 0 Å². The Morgan fingerprint density at radius 3 is 2.32 bits per heavy atom. The minimum atomic E-state index is -0.497. The molecule has 2 rings (SSSR count). The van der Waals surface area contributed by atoms with Crippen LogP contribution in [0.1, 0.15) is 15.9 Å². The molecule has 0 unspecified atom stereocenters. The highest BCUT2D eigenvalue weighted by Gasteiger charge is 2.11. The van der Waals surface area contributed by atoms with E-state index in [0.717, 1.165) is 5.56 Å². The number of non-ortho nitro benzene ring substituents is 1. The van der Waals surface area contributed by atoms with Gasteiger partial charge in [0.15, 0.2) is 5.78 Å². The molecule has 0 spiro atoms. The highest BCUT2D eigenvalue weighted by Crippen LogP contribution is 2.16. The highest BCUT2D eigenvalue weighted by molar-refractivity contribution is 5.98. The van der Waals surface area contributed by atoms with Gasteiger partial charge < -0.3 is 5.73 Å². The van der Waals surface area contributed by atoms with Gasteiger partial charge in [-0.1, -0.05) is 18.2 Å². The summed E-state index contributed by atoms with van der Waals surface area (Å²) in [6.07, 6.45) is 0.185. The van der Waals surface area contributed by atoms with Gasteiger partial charge in [0.1, 0.15) is 0 Å². The van der Waals surface area contributed by atoms with Crippen LogP contribution in [0.4, 0.5) is 11.4 Å². The molecule has 0 atom stereocenters. The van der Waals surface area contributed by atoms with Gasteiger partial charge in [-0.15, -0.1) is 0 Å². The van der Waals surface area contributed by atoms with Crippen LogP contribution in [0.25, 0.3) is 0 Å². The zero-order valence-electron chi connectivity index (χ0n) is 10.1. The summed E-state index contributed by atoms with van der Waals surface area (Å²) in [5, 5.41) is 10.5. The number of benzene rings is 2. The van der Waals surface area contributed by atoms with Crippen LogP contribution in [0.5, 0.6) is 0 Å². The lowest BCUT2D eigenvalue weighted by atomic mass is 10.0. The second-order valence-corrected chi connectivity index (χ2v) is 4.10. The minimum Gasteiger partial charge on any atom is -0.398 e. The van der Waals surface area contributed by atoms with Gasteiger partial charge in [0.2, 0.25) is 0 Å². The Balaban J connectivity index is 2.16. The molecule has 5 nitrogen and oxygen atoms in total. The Kier molecular flexibility index (Phi) is 3.56. The summed E-state index contributed by atoms with van der Waals surface area (Å²) in [5.41, 5.74) is 7.50. The highest BCUT2D eigenvalue weighted by atomic mass is 16.6. The molecule has 0 aliphatic carbocycles. The van der Waals surface area contributed by atoms with Crippen LogP contribution < -0.4 is 5.73 Å². The van der Waals surface area contributed by atoms with E-state index in [2.05, 4.69) is 0 Å². The third-order valence-corrected chi connectivity index (χ3v) is 2.81. The van der Waals surface area contributed by atoms with Crippen molar-refractivity contribution in [2.75, 3.05) is 5.73 Å². The first-order valence-electron chi connectivity index (χ1n) is 5.69. The Labute approximate surface area is 109 Å². The molecule has 96 valence electrons. The topological polar surface area (TPSA) is 86.2 Å². The lowest BCUT2D eigenvalue weighted by molar-refractivity contribution is -0.384. The summed E-state index contributed by atoms with van der Waals surface area (Å²) >= 11 is 0. The van der Waals surface area contributed by atoms with Gasteiger partial charge in [0, 0.05) is 29.8 Å². The smallest absolute Gasteiger partial charge is 0.269 e. The molecule has 2 N–H and O–H groups in total. The van der Waals surface area contributed by atoms with Crippen LogP contribution >= 0.6 is 0 Å². The maximum absolute atomic E-state index is 12.0. The number of nitrogens with two attached hydrogens (primary N) is 1. The van der Waals surface area contributed by atoms with Crippen molar-refractivity contribution in [3.63, 3.8) is 0 Å². The molecule has 0 bridgehead atoms. The number of nitrogens with zero attached hydrogens (tertiary/aromatic N) is 1. The maximum Gasteiger partial charge on any atom is 0.269 e. The summed E-state index contributed by atoms with van der Waals surface area (Å²) in [7, 11) is 0. The Morgan fingerprint density at radius 2 is 1.74 bits per heavy atom. The summed E-state index contributed by atoms with van der Waals surface area (Å²) in [6.45, 7) is 0. The number of Topliss-reactive ketones (excluding diaryl/α,β-unsaturated/α-hetero) is 1. The van der Waals surface area contributed by atoms with Gasteiger partial charge in [-0.2, -0.15) is 0 Å². The summed E-state index contributed by atoms with van der Waals surface area (Å²) in [6, 6.07) is 12.7. The first-order valence-corrected chi connectivity index (χ1v) is 5.69. The molecule has 0 aliphatic rings. The molecule has 0 amide bonds. The largest absolute Gasteiger partial charge is 0.398 e. The molecule has 0 saturated heterocycles. The molecule has 0 fully saturated rings. The fraction of sp³-hybridized carbons (Fsp3) is 0.0714. The Morgan fingerprint density at radius 1 is 1.11 bits per heavy atom. The molecule has 0 aliphatic heterocycles. The number of carbonyl (C=O) groups is 1. The lowest BCUT2D eigenvalue weighted by Gasteiger charge is -2.04. The van der Waals surface area contributed by atoms with Crippen LogP contribution in [0.2, 0.25) is 0 Å². The van der Waals surface area contributed by atoms with Gasteiger partial charge in [-0.05, 0) is 23.8 Å². The van der Waals surface area contributed by atoms with Crippen molar-refractivity contribution in [2.24, 2.45) is 0 Å². The van der Waals surface area contributed by atoms with Crippen molar-refractivity contribution in [1.82, 2.24) is 0 Å². The molecular weight excluding hydrogens is 244 g/mol. The second-order valence-electron chi connectivity index (χ2n) is 4.10. The average molecular weight is 256 g/mol. The number of ketones is 1. The maximum atomic E-state index is 12.0. The van der Waals surface area contributed by atoms with E-state index in [-0.39, 0.29) is 17.9 Å². The van der Waals surface area contributed by atoms with Crippen LogP contribution in [-0.4, -0.2) is 10.7 Å². The fourth-order valence-corrected chi connectivity index (χ4v) is 1.74. The Bertz CT molecular complexity index is 621. The van der Waals surface area contributed by atoms with Crippen LogP contribution in [0.3, 0.4) is 0 Å². The van der Waals surface area contributed by atoms with Gasteiger partial charge in [0.25, 0.3) is 5.69 Å². The zero-order chi connectivity index (χ0) is 13.8. The molecule has 0 radical (unpaired) electrons. The summed E-state index contributed by atoms with van der Waals surface area (Å²) < 4.78 is 0. The number of hydrogen-bond acceptors (Lipinski definition) is 4. The van der Waals surface area contributed by atoms with Gasteiger partial charge >= 0.3 is 0 Å². The third-order valence-electron chi connectivity index (χ3n) is 2.81. The second kappa shape index (κ2) is 5.30. The van der Waals surface area contributed by atoms with Crippen molar-refractivity contribution >= 4 is 17.2 Å². The molecule has 2 aromatic carbocycles. The van der Waals surface area contributed by atoms with E-state index in [4.69, 9.17) is 5.73 Å². The fourth-order valence-electron chi connectivity index (χ4n) is 1.74. The van der Waals surface area contributed by atoms with Crippen LogP contribution in [0.15, 0.2) is 48.5 Å². The predicted octanol–water partition coefficient (Wildman–Crippen LogP) is 2.60. The first-order chi connectivity index (χ1) is 9.08. The number of para-hydroxylation sites is 1. The van der Waals surface area contributed by atoms with E-state index in [9.17, 15) is 14.9 Å². The average Bonchev–Trinajstić information content (AvgIpc) is 2.41. The quantitative estimate of drug-likeness (QED) is 0.394. The molecular formula is C14H12N2O3. The van der Waals surface area contributed by atoms with E-state index in [1.165, 1.54) is 24.3 Å². The first kappa shape index (κ1) is 12.8. The molecule has 2 aromatic rings. The third kappa shape index (κ3) is 2.95. The number of nitro groups is 1. The van der Waals surface area contributed by atoms with E-state index in [1.807, 2.05) is 6.07 Å². The number of carbonyl (C=O) groups excluding carboxylic acids is 1. The minimum absolute atomic E-state index is 0.0317. The normalized spacial score (nSPS) is 10.1. The van der Waals surface area contributed by atoms with E-state index in [1.54, 1.807) is 18.2 Å². The van der Waals surface area contributed by atoms with Gasteiger partial charge in [-0.25, -0.2) is 0 Å². The van der Waals surface area contributed by atoms with E-state index in [0.29, 0.717) is 11.3 Å². The standard InChI is InChI=1S/C14H12N2O3/c15-13-4-2-1-3-11(13)9-14(17)10-5-7-12(8-6-10)16(18)19/h1-8H,9,15H2. The van der Waals surface area contributed by atoms with Crippen LogP contribution in [0, 0.1) is 10.1 Å². The molecule has 0 saturated carbocycles. The SMILES string of the molecule is Nc1ccccc1CC(=O)c1ccc([N+](=O)[O-])cc1. The molecule has 0 aromatic heterocycles. The van der Waals surface area contributed by atoms with Gasteiger partial charge in [-0.3, -0.25) is 14.9 Å². The van der Waals surface area contributed by atoms with Crippen molar-refractivity contribution in [2.45, 2.75) is 6.42 Å². The predicted molar refractivity (Wildman–Crippen MR) is 72.0 cm³/mol. The molecule has 0 heterocycles. The molecule has 19 heavy (non-hydrogen) atoms. The number of nitro benzene ring substituents is 1. The van der Waals surface area contributed by atoms with Crippen molar-refractivity contribution in [3.8, 4) is 0 Å². The zero-order valence-corrected chi connectivity index (χ0v) is 10.1. The molecule has 5 heteroatoms. The number of anilines is 1. The summed E-state index contributed by atoms with van der Waals surface area (Å²) in [4.78, 5) is 22.0. The number of nitrogen functional groups attached to an aromatic ring is 1.